The highest BCUT2D eigenvalue weighted by Gasteiger charge is 2.46. The lowest BCUT2D eigenvalue weighted by Gasteiger charge is -2.27. The van der Waals surface area contributed by atoms with E-state index in [0.717, 1.165) is 17.7 Å². The van der Waals surface area contributed by atoms with E-state index < -0.39 is 72.5 Å². The van der Waals surface area contributed by atoms with Gasteiger partial charge in [0, 0.05) is 37.2 Å². The van der Waals surface area contributed by atoms with Crippen LogP contribution < -0.4 is 37.1 Å². The number of nitrogen functional groups attached to an aromatic ring is 2. The molecule has 62 heavy (non-hydrogen) atoms. The Bertz CT molecular complexity index is 2430. The third-order valence-corrected chi connectivity index (χ3v) is 10.1. The van der Waals surface area contributed by atoms with Crippen molar-refractivity contribution in [2.24, 2.45) is 0 Å². The lowest BCUT2D eigenvalue weighted by atomic mass is 10.0. The first-order valence-corrected chi connectivity index (χ1v) is 19.6. The van der Waals surface area contributed by atoms with Crippen LogP contribution in [-0.2, 0) is 30.5 Å². The molecule has 0 radical (unpaired) electrons. The molecule has 22 nitrogen and oxygen atoms in total. The Morgan fingerprint density at radius 2 is 1.71 bits per heavy atom. The van der Waals surface area contributed by atoms with Crippen molar-refractivity contribution in [2.45, 2.75) is 70.0 Å². The molecule has 4 heterocycles. The second-order valence-electron chi connectivity index (χ2n) is 14.4. The number of aliphatic carboxylic acids is 2. The van der Waals surface area contributed by atoms with Gasteiger partial charge in [-0.05, 0) is 62.1 Å². The minimum Gasteiger partial charge on any atom is -0.483 e. The molecule has 0 spiro atoms. The lowest BCUT2D eigenvalue weighted by Crippen LogP contribution is -2.54. The van der Waals surface area contributed by atoms with E-state index in [0.29, 0.717) is 37.3 Å². The minimum absolute atomic E-state index is 0.00521. The highest BCUT2D eigenvalue weighted by Crippen LogP contribution is 2.33. The van der Waals surface area contributed by atoms with Crippen molar-refractivity contribution in [1.29, 1.82) is 0 Å². The molecular formula is C40H43N11O11. The number of fused-ring (bicyclic) bond motifs is 2. The van der Waals surface area contributed by atoms with Gasteiger partial charge < -0.3 is 42.0 Å². The molecular weight excluding hydrogens is 811 g/mol. The van der Waals surface area contributed by atoms with Crippen LogP contribution in [0.5, 0.6) is 5.75 Å². The number of carbonyl (C=O) groups is 8. The third-order valence-electron chi connectivity index (χ3n) is 10.1. The van der Waals surface area contributed by atoms with E-state index in [9.17, 15) is 43.5 Å². The number of unbranched alkanes of at least 4 members (excludes halogenated alkanes) is 3. The Kier molecular flexibility index (Phi) is 13.8. The van der Waals surface area contributed by atoms with Crippen molar-refractivity contribution in [2.75, 3.05) is 36.1 Å². The van der Waals surface area contributed by atoms with Gasteiger partial charge in [0.2, 0.25) is 17.8 Å². The number of nitrogens with two attached hydrogens (primary N) is 2. The molecule has 6 amide bonds. The monoisotopic (exact) mass is 853 g/mol. The van der Waals surface area contributed by atoms with Gasteiger partial charge >= 0.3 is 11.9 Å². The van der Waals surface area contributed by atoms with Gasteiger partial charge in [0.1, 0.15) is 17.8 Å². The van der Waals surface area contributed by atoms with Gasteiger partial charge in [0.25, 0.3) is 23.6 Å². The highest BCUT2D eigenvalue weighted by molar-refractivity contribution is 6.24. The summed E-state index contributed by atoms with van der Waals surface area (Å²) in [6.45, 7) is 0.700. The fourth-order valence-corrected chi connectivity index (χ4v) is 6.95. The van der Waals surface area contributed by atoms with Crippen molar-refractivity contribution >= 4 is 76.0 Å². The summed E-state index contributed by atoms with van der Waals surface area (Å²) in [6, 6.07) is 8.31. The third kappa shape index (κ3) is 10.5. The maximum Gasteiger partial charge on any atom is 0.326 e. The molecule has 0 bridgehead atoms. The van der Waals surface area contributed by atoms with Gasteiger partial charge in [0.05, 0.1) is 29.6 Å². The van der Waals surface area contributed by atoms with Gasteiger partial charge in [0.15, 0.2) is 23.6 Å². The smallest absolute Gasteiger partial charge is 0.326 e. The number of carboxylic acid groups (broad SMARTS) is 2. The van der Waals surface area contributed by atoms with Gasteiger partial charge in [-0.2, -0.15) is 9.97 Å². The van der Waals surface area contributed by atoms with Crippen LogP contribution in [0.1, 0.15) is 88.1 Å². The molecule has 22 heteroatoms. The summed E-state index contributed by atoms with van der Waals surface area (Å²) in [6.07, 6.45) is 3.65. The number of hydrogen-bond acceptors (Lipinski definition) is 16. The molecule has 0 aliphatic carbocycles. The zero-order valence-electron chi connectivity index (χ0n) is 33.2. The maximum atomic E-state index is 13.3. The van der Waals surface area contributed by atoms with E-state index in [1.54, 1.807) is 12.1 Å². The van der Waals surface area contributed by atoms with E-state index in [-0.39, 0.29) is 71.2 Å². The summed E-state index contributed by atoms with van der Waals surface area (Å²) >= 11 is 0. The molecule has 2 aliphatic heterocycles. The first-order chi connectivity index (χ1) is 29.7. The summed E-state index contributed by atoms with van der Waals surface area (Å²) in [5.74, 6) is -6.27. The average Bonchev–Trinajstić information content (AvgIpc) is 3.49. The second kappa shape index (κ2) is 19.5. The highest BCUT2D eigenvalue weighted by atomic mass is 16.5. The molecule has 324 valence electrons. The number of piperidine rings is 1. The first-order valence-electron chi connectivity index (χ1n) is 19.6. The van der Waals surface area contributed by atoms with Gasteiger partial charge in [-0.25, -0.2) is 14.8 Å². The van der Waals surface area contributed by atoms with Crippen molar-refractivity contribution in [3.8, 4) is 5.75 Å². The van der Waals surface area contributed by atoms with Crippen LogP contribution in [-0.4, -0.2) is 114 Å². The largest absolute Gasteiger partial charge is 0.483 e. The number of aromatic nitrogens is 4. The molecule has 1 saturated heterocycles. The van der Waals surface area contributed by atoms with Crippen LogP contribution in [0.3, 0.4) is 0 Å². The molecule has 0 saturated carbocycles. The van der Waals surface area contributed by atoms with E-state index in [1.165, 1.54) is 36.5 Å². The number of rotatable bonds is 20. The molecule has 6 rings (SSSR count). The minimum atomic E-state index is -1.38. The number of carboxylic acids is 2. The van der Waals surface area contributed by atoms with Crippen LogP contribution in [0, 0.1) is 0 Å². The molecule has 1 unspecified atom stereocenters. The number of ether oxygens (including phenoxy) is 1. The number of imide groups is 2. The predicted octanol–water partition coefficient (Wildman–Crippen LogP) is 0.795. The fraction of sp³-hybridized carbons (Fsp3) is 0.350. The Balaban J connectivity index is 1.01. The topological polar surface area (TPSA) is 332 Å². The Hall–Kier alpha value is -7.78. The Morgan fingerprint density at radius 1 is 0.952 bits per heavy atom. The van der Waals surface area contributed by atoms with Crippen molar-refractivity contribution in [3.05, 3.63) is 71.0 Å². The normalized spacial score (nSPS) is 15.2. The van der Waals surface area contributed by atoms with Crippen molar-refractivity contribution in [3.63, 3.8) is 0 Å². The van der Waals surface area contributed by atoms with Gasteiger partial charge in [-0.3, -0.25) is 43.8 Å². The summed E-state index contributed by atoms with van der Waals surface area (Å²) in [5.41, 5.74) is 13.6. The van der Waals surface area contributed by atoms with E-state index >= 15 is 0 Å². The fourth-order valence-electron chi connectivity index (χ4n) is 6.95. The Labute approximate surface area is 352 Å². The number of nitrogens with one attached hydrogen (secondary N) is 3. The number of nitrogens with zero attached hydrogens (tertiary/aromatic N) is 6. The number of carbonyl (C=O) groups excluding carboxylic acids is 6. The van der Waals surface area contributed by atoms with Gasteiger partial charge in [-0.15, -0.1) is 0 Å². The van der Waals surface area contributed by atoms with E-state index in [1.807, 2.05) is 4.90 Å². The quantitative estimate of drug-likeness (QED) is 0.0477. The van der Waals surface area contributed by atoms with E-state index in [2.05, 4.69) is 35.9 Å². The van der Waals surface area contributed by atoms with Crippen molar-refractivity contribution < 1.29 is 53.3 Å². The number of anilines is 3. The molecule has 9 N–H and O–H groups in total. The van der Waals surface area contributed by atoms with Crippen LogP contribution in [0.4, 0.5) is 17.5 Å². The predicted molar refractivity (Wildman–Crippen MR) is 217 cm³/mol. The van der Waals surface area contributed by atoms with Crippen molar-refractivity contribution in [1.82, 2.24) is 40.8 Å². The molecule has 2 aromatic carbocycles. The van der Waals surface area contributed by atoms with Crippen LogP contribution in [0.15, 0.2) is 48.7 Å². The number of amides is 6. The molecule has 2 aromatic heterocycles. The first kappa shape index (κ1) is 43.8. The van der Waals surface area contributed by atoms with Crippen LogP contribution in [0.25, 0.3) is 11.2 Å². The zero-order valence-corrected chi connectivity index (χ0v) is 33.2. The zero-order chi connectivity index (χ0) is 44.5. The van der Waals surface area contributed by atoms with E-state index in [4.69, 9.17) is 21.3 Å². The van der Waals surface area contributed by atoms with Crippen LogP contribution in [0.2, 0.25) is 0 Å². The SMILES string of the molecule is Nc1nc(N)c2nc(CN(CCCCCCNC(=O)COc3cccc4c3C(=O)N(C3CCC(=O)NC3=O)C4=O)c3ccc(C(=O)N[C@@H](CCC(=O)O)C(=O)O)cc3)cnc2n1. The number of benzene rings is 2. The summed E-state index contributed by atoms with van der Waals surface area (Å²) in [5, 5.41) is 25.7. The summed E-state index contributed by atoms with van der Waals surface area (Å²) < 4.78 is 5.66. The summed E-state index contributed by atoms with van der Waals surface area (Å²) in [7, 11) is 0. The van der Waals surface area contributed by atoms with Gasteiger partial charge in [-0.1, -0.05) is 18.9 Å². The number of hydrogen-bond donors (Lipinski definition) is 7. The molecule has 2 atom stereocenters. The lowest BCUT2D eigenvalue weighted by molar-refractivity contribution is -0.141. The molecule has 1 fully saturated rings. The Morgan fingerprint density at radius 3 is 2.44 bits per heavy atom. The van der Waals surface area contributed by atoms with Crippen LogP contribution >= 0.6 is 0 Å². The summed E-state index contributed by atoms with van der Waals surface area (Å²) in [4.78, 5) is 118. The second-order valence-corrected chi connectivity index (χ2v) is 14.4. The maximum absolute atomic E-state index is 13.3. The average molecular weight is 854 g/mol. The molecule has 2 aliphatic rings. The molecule has 4 aromatic rings. The standard InChI is InChI=1S/C40H43N11O11/c41-33-32-34(49-40(42)48-33)44-18-22(45-32)19-50(23-10-8-21(9-11-23)35(56)46-25(39(60)61)12-15-30(54)55)17-4-2-1-3-16-43-29(53)20-62-27-7-5-6-24-31(27)38(59)51(37(24)58)26-13-14-28(52)47-36(26)57/h5-11,18,25-26H,1-4,12-17,19-20H2,(H,43,53)(H,46,56)(H,54,55)(H,60,61)(H,47,52,57)(H4,41,42,44,48,49)/t25-,26?/m0/s1.